The average molecular weight is 261 g/mol. The zero-order chi connectivity index (χ0) is 13.2. The van der Waals surface area contributed by atoms with E-state index in [1.165, 1.54) is 12.7 Å². The third-order valence-corrected chi connectivity index (χ3v) is 4.09. The summed E-state index contributed by atoms with van der Waals surface area (Å²) >= 11 is 0. The van der Waals surface area contributed by atoms with Gasteiger partial charge in [0.1, 0.15) is 11.8 Å². The number of ether oxygens (including phenoxy) is 2. The molecule has 102 valence electrons. The van der Waals surface area contributed by atoms with Crippen molar-refractivity contribution in [3.63, 3.8) is 0 Å². The lowest BCUT2D eigenvalue weighted by molar-refractivity contribution is -0.145. The molecular weight excluding hydrogens is 242 g/mol. The van der Waals surface area contributed by atoms with E-state index in [1.54, 1.807) is 0 Å². The molecule has 0 radical (unpaired) electrons. The number of hydrogen-bond donors (Lipinski definition) is 0. The Labute approximate surface area is 113 Å². The number of esters is 1. The molecule has 0 bridgehead atoms. The van der Waals surface area contributed by atoms with E-state index in [0.717, 1.165) is 31.7 Å². The Bertz CT molecular complexity index is 474. The zero-order valence-corrected chi connectivity index (χ0v) is 11.2. The molecule has 0 amide bonds. The molecule has 3 rings (SSSR count). The number of likely N-dealkylation sites (tertiary alicyclic amines) is 1. The van der Waals surface area contributed by atoms with Crippen LogP contribution in [0.1, 0.15) is 24.3 Å². The summed E-state index contributed by atoms with van der Waals surface area (Å²) < 4.78 is 10.6. The minimum atomic E-state index is -0.107. The first kappa shape index (κ1) is 12.5. The lowest BCUT2D eigenvalue weighted by atomic mass is 10.0. The first-order valence-corrected chi connectivity index (χ1v) is 6.83. The molecule has 1 fully saturated rings. The van der Waals surface area contributed by atoms with E-state index in [1.807, 2.05) is 18.2 Å². The fraction of sp³-hybridized carbons (Fsp3) is 0.533. The van der Waals surface area contributed by atoms with Gasteiger partial charge < -0.3 is 9.47 Å². The molecule has 2 atom stereocenters. The summed E-state index contributed by atoms with van der Waals surface area (Å²) in [5.74, 6) is 1.24. The second-order valence-electron chi connectivity index (χ2n) is 5.22. The molecule has 0 aliphatic carbocycles. The predicted octanol–water partition coefficient (Wildman–Crippen LogP) is 1.80. The number of methoxy groups -OCH3 is 1. The summed E-state index contributed by atoms with van der Waals surface area (Å²) in [5.41, 5.74) is 1.26. The highest BCUT2D eigenvalue weighted by atomic mass is 16.5. The Morgan fingerprint density at radius 2 is 2.32 bits per heavy atom. The van der Waals surface area contributed by atoms with Crippen LogP contribution in [0.5, 0.6) is 5.75 Å². The number of benzene rings is 1. The van der Waals surface area contributed by atoms with Crippen LogP contribution >= 0.6 is 0 Å². The first-order valence-electron chi connectivity index (χ1n) is 6.83. The second-order valence-corrected chi connectivity index (χ2v) is 5.22. The van der Waals surface area contributed by atoms with Gasteiger partial charge in [0, 0.05) is 18.0 Å². The van der Waals surface area contributed by atoms with E-state index < -0.39 is 0 Å². The fourth-order valence-electron chi connectivity index (χ4n) is 3.11. The van der Waals surface area contributed by atoms with Gasteiger partial charge in [-0.25, -0.2) is 0 Å². The maximum Gasteiger partial charge on any atom is 0.323 e. The molecule has 2 heterocycles. The number of para-hydroxylation sites is 1. The first-order chi connectivity index (χ1) is 9.29. The molecule has 19 heavy (non-hydrogen) atoms. The molecule has 2 aliphatic heterocycles. The van der Waals surface area contributed by atoms with Gasteiger partial charge in [-0.15, -0.1) is 0 Å². The summed E-state index contributed by atoms with van der Waals surface area (Å²) in [4.78, 5) is 14.0. The molecule has 4 heteroatoms. The van der Waals surface area contributed by atoms with Crippen molar-refractivity contribution in [1.29, 1.82) is 0 Å². The number of rotatable bonds is 3. The third kappa shape index (κ3) is 2.32. The Balaban J connectivity index is 1.71. The minimum Gasteiger partial charge on any atom is -0.493 e. The van der Waals surface area contributed by atoms with Crippen molar-refractivity contribution >= 4 is 5.97 Å². The Hall–Kier alpha value is -1.55. The van der Waals surface area contributed by atoms with Crippen LogP contribution in [-0.2, 0) is 9.53 Å². The Morgan fingerprint density at radius 3 is 3.16 bits per heavy atom. The van der Waals surface area contributed by atoms with Gasteiger partial charge in [0.2, 0.25) is 0 Å². The lowest BCUT2D eigenvalue weighted by Crippen LogP contribution is -2.39. The van der Waals surface area contributed by atoms with Crippen LogP contribution in [0.3, 0.4) is 0 Å². The highest BCUT2D eigenvalue weighted by Gasteiger charge is 2.35. The van der Waals surface area contributed by atoms with Crippen molar-refractivity contribution in [2.24, 2.45) is 0 Å². The molecule has 0 N–H and O–H groups in total. The van der Waals surface area contributed by atoms with Crippen molar-refractivity contribution in [2.75, 3.05) is 26.8 Å². The van der Waals surface area contributed by atoms with Crippen LogP contribution in [0, 0.1) is 0 Å². The molecular formula is C15H19NO3. The van der Waals surface area contributed by atoms with E-state index in [4.69, 9.17) is 9.47 Å². The highest BCUT2D eigenvalue weighted by molar-refractivity contribution is 5.76. The third-order valence-electron chi connectivity index (χ3n) is 4.09. The minimum absolute atomic E-state index is 0.0715. The van der Waals surface area contributed by atoms with Crippen molar-refractivity contribution in [3.05, 3.63) is 29.8 Å². The SMILES string of the molecule is COC(=O)C1CCCN1CC1COc2ccccc21. The van der Waals surface area contributed by atoms with Gasteiger partial charge >= 0.3 is 5.97 Å². The average Bonchev–Trinajstić information content (AvgIpc) is 3.06. The Morgan fingerprint density at radius 1 is 1.47 bits per heavy atom. The Kier molecular flexibility index (Phi) is 3.42. The lowest BCUT2D eigenvalue weighted by Gasteiger charge is -2.24. The van der Waals surface area contributed by atoms with Gasteiger partial charge in [-0.1, -0.05) is 18.2 Å². The standard InChI is InChI=1S/C15H19NO3/c1-18-15(17)13-6-4-8-16(13)9-11-10-19-14-7-3-2-5-12(11)14/h2-3,5,7,11,13H,4,6,8-10H2,1H3. The highest BCUT2D eigenvalue weighted by Crippen LogP contribution is 2.35. The summed E-state index contributed by atoms with van der Waals surface area (Å²) in [6.45, 7) is 2.55. The maximum absolute atomic E-state index is 11.7. The molecule has 2 unspecified atom stereocenters. The number of nitrogens with zero attached hydrogens (tertiary/aromatic N) is 1. The second kappa shape index (κ2) is 5.21. The number of fused-ring (bicyclic) bond motifs is 1. The number of carbonyl (C=O) groups excluding carboxylic acids is 1. The molecule has 4 nitrogen and oxygen atoms in total. The summed E-state index contributed by atoms with van der Waals surface area (Å²) in [6, 6.07) is 8.10. The van der Waals surface area contributed by atoms with Crippen LogP contribution in [0.2, 0.25) is 0 Å². The quantitative estimate of drug-likeness (QED) is 0.778. The van der Waals surface area contributed by atoms with Gasteiger partial charge in [0.25, 0.3) is 0 Å². The molecule has 1 aromatic carbocycles. The zero-order valence-electron chi connectivity index (χ0n) is 11.2. The summed E-state index contributed by atoms with van der Waals surface area (Å²) in [6.07, 6.45) is 1.97. The predicted molar refractivity (Wildman–Crippen MR) is 71.3 cm³/mol. The topological polar surface area (TPSA) is 38.8 Å². The van der Waals surface area contributed by atoms with Gasteiger partial charge in [-0.2, -0.15) is 0 Å². The molecule has 0 saturated carbocycles. The molecule has 0 aromatic heterocycles. The normalized spacial score (nSPS) is 25.9. The molecule has 1 aromatic rings. The monoisotopic (exact) mass is 261 g/mol. The molecule has 1 saturated heterocycles. The number of carbonyl (C=O) groups is 1. The van der Waals surface area contributed by atoms with E-state index in [0.29, 0.717) is 12.5 Å². The maximum atomic E-state index is 11.7. The fourth-order valence-corrected chi connectivity index (χ4v) is 3.11. The largest absolute Gasteiger partial charge is 0.493 e. The van der Waals surface area contributed by atoms with Crippen LogP contribution in [0.25, 0.3) is 0 Å². The van der Waals surface area contributed by atoms with E-state index in [9.17, 15) is 4.79 Å². The number of hydrogen-bond acceptors (Lipinski definition) is 4. The van der Waals surface area contributed by atoms with E-state index in [2.05, 4.69) is 11.0 Å². The molecule has 2 aliphatic rings. The van der Waals surface area contributed by atoms with Gasteiger partial charge in [-0.05, 0) is 25.5 Å². The molecule has 0 spiro atoms. The van der Waals surface area contributed by atoms with Gasteiger partial charge in [0.15, 0.2) is 0 Å². The van der Waals surface area contributed by atoms with Crippen LogP contribution in [0.15, 0.2) is 24.3 Å². The van der Waals surface area contributed by atoms with Crippen molar-refractivity contribution in [2.45, 2.75) is 24.8 Å². The summed E-state index contributed by atoms with van der Waals surface area (Å²) in [7, 11) is 1.47. The smallest absolute Gasteiger partial charge is 0.323 e. The van der Waals surface area contributed by atoms with Gasteiger partial charge in [-0.3, -0.25) is 9.69 Å². The summed E-state index contributed by atoms with van der Waals surface area (Å²) in [5, 5.41) is 0. The van der Waals surface area contributed by atoms with Crippen molar-refractivity contribution < 1.29 is 14.3 Å². The van der Waals surface area contributed by atoms with Crippen molar-refractivity contribution in [3.8, 4) is 5.75 Å². The van der Waals surface area contributed by atoms with Crippen LogP contribution < -0.4 is 4.74 Å². The van der Waals surface area contributed by atoms with E-state index >= 15 is 0 Å². The van der Waals surface area contributed by atoms with Crippen LogP contribution in [-0.4, -0.2) is 43.7 Å². The van der Waals surface area contributed by atoms with E-state index in [-0.39, 0.29) is 12.0 Å². The van der Waals surface area contributed by atoms with Crippen LogP contribution in [0.4, 0.5) is 0 Å². The van der Waals surface area contributed by atoms with Gasteiger partial charge in [0.05, 0.1) is 13.7 Å². The van der Waals surface area contributed by atoms with Crippen molar-refractivity contribution in [1.82, 2.24) is 4.90 Å².